The van der Waals surface area contributed by atoms with Gasteiger partial charge >= 0.3 is 5.97 Å². The quantitative estimate of drug-likeness (QED) is 0.710. The maximum absolute atomic E-state index is 10.7. The number of benzene rings is 1. The smallest absolute Gasteiger partial charge is 0.302 e. The molecule has 0 spiro atoms. The zero-order valence-corrected chi connectivity index (χ0v) is 9.07. The van der Waals surface area contributed by atoms with Crippen molar-refractivity contribution >= 4 is 5.97 Å². The molecular formula is C11H14O4. The molecule has 0 fully saturated rings. The lowest BCUT2D eigenvalue weighted by molar-refractivity contribution is -0.142. The largest absolute Gasteiger partial charge is 0.497 e. The summed E-state index contributed by atoms with van der Waals surface area (Å²) in [6.45, 7) is 1.58. The predicted molar refractivity (Wildman–Crippen MR) is 55.0 cm³/mol. The highest BCUT2D eigenvalue weighted by atomic mass is 16.5. The molecule has 1 rings (SSSR count). The van der Waals surface area contributed by atoms with Gasteiger partial charge in [-0.25, -0.2) is 0 Å². The van der Waals surface area contributed by atoms with Crippen LogP contribution in [-0.4, -0.2) is 20.2 Å². The van der Waals surface area contributed by atoms with Crippen LogP contribution in [0.15, 0.2) is 18.2 Å². The van der Waals surface area contributed by atoms with E-state index < -0.39 is 0 Å². The Kier molecular flexibility index (Phi) is 3.97. The van der Waals surface area contributed by atoms with Crippen molar-refractivity contribution in [3.63, 3.8) is 0 Å². The molecule has 4 heteroatoms. The Labute approximate surface area is 88.8 Å². The van der Waals surface area contributed by atoms with E-state index in [1.165, 1.54) is 6.92 Å². The minimum absolute atomic E-state index is 0.211. The lowest BCUT2D eigenvalue weighted by atomic mass is 10.2. The Morgan fingerprint density at radius 1 is 1.27 bits per heavy atom. The van der Waals surface area contributed by atoms with Gasteiger partial charge in [0, 0.05) is 18.6 Å². The molecule has 0 aromatic heterocycles. The van der Waals surface area contributed by atoms with Gasteiger partial charge < -0.3 is 14.2 Å². The zero-order valence-electron chi connectivity index (χ0n) is 9.07. The first kappa shape index (κ1) is 11.4. The summed E-state index contributed by atoms with van der Waals surface area (Å²) in [6, 6.07) is 5.35. The molecule has 82 valence electrons. The molecule has 4 nitrogen and oxygen atoms in total. The molecule has 0 amide bonds. The number of esters is 1. The van der Waals surface area contributed by atoms with Crippen LogP contribution in [0.5, 0.6) is 11.5 Å². The molecule has 0 bridgehead atoms. The Hall–Kier alpha value is -1.71. The van der Waals surface area contributed by atoms with Crippen molar-refractivity contribution in [2.24, 2.45) is 0 Å². The van der Waals surface area contributed by atoms with Crippen molar-refractivity contribution < 1.29 is 19.0 Å². The number of rotatable bonds is 4. The summed E-state index contributed by atoms with van der Waals surface area (Å²) in [5.41, 5.74) is 0.813. The molecular weight excluding hydrogens is 196 g/mol. The summed E-state index contributed by atoms with van der Waals surface area (Å²) in [6.07, 6.45) is 0. The van der Waals surface area contributed by atoms with Gasteiger partial charge in [0.15, 0.2) is 0 Å². The number of carbonyl (C=O) groups is 1. The van der Waals surface area contributed by atoms with Crippen LogP contribution in [0.3, 0.4) is 0 Å². The fraction of sp³-hybridized carbons (Fsp3) is 0.364. The van der Waals surface area contributed by atoms with Crippen LogP contribution in [0.4, 0.5) is 0 Å². The highest BCUT2D eigenvalue weighted by Crippen LogP contribution is 2.24. The summed E-state index contributed by atoms with van der Waals surface area (Å²) in [4.78, 5) is 10.7. The predicted octanol–water partition coefficient (Wildman–Crippen LogP) is 1.77. The van der Waals surface area contributed by atoms with Crippen LogP contribution in [0.25, 0.3) is 0 Å². The zero-order chi connectivity index (χ0) is 11.3. The topological polar surface area (TPSA) is 44.8 Å². The molecule has 0 saturated carbocycles. The molecule has 0 radical (unpaired) electrons. The highest BCUT2D eigenvalue weighted by molar-refractivity contribution is 5.66. The Morgan fingerprint density at radius 3 is 2.53 bits per heavy atom. The molecule has 0 aliphatic heterocycles. The van der Waals surface area contributed by atoms with E-state index in [0.717, 1.165) is 5.56 Å². The highest BCUT2D eigenvalue weighted by Gasteiger charge is 2.06. The maximum atomic E-state index is 10.7. The molecule has 0 saturated heterocycles. The van der Waals surface area contributed by atoms with Gasteiger partial charge in [-0.15, -0.1) is 0 Å². The van der Waals surface area contributed by atoms with Gasteiger partial charge in [0.25, 0.3) is 0 Å². The molecule has 0 unspecified atom stereocenters. The van der Waals surface area contributed by atoms with Crippen molar-refractivity contribution in [2.45, 2.75) is 13.5 Å². The second-order valence-electron chi connectivity index (χ2n) is 2.96. The van der Waals surface area contributed by atoms with Gasteiger partial charge in [0.05, 0.1) is 14.2 Å². The number of ether oxygens (including phenoxy) is 3. The number of methoxy groups -OCH3 is 2. The molecule has 0 heterocycles. The Morgan fingerprint density at radius 2 is 2.00 bits per heavy atom. The average molecular weight is 210 g/mol. The van der Waals surface area contributed by atoms with Crippen molar-refractivity contribution in [1.29, 1.82) is 0 Å². The summed E-state index contributed by atoms with van der Waals surface area (Å²) < 4.78 is 15.1. The van der Waals surface area contributed by atoms with Crippen LogP contribution in [0, 0.1) is 0 Å². The lowest BCUT2D eigenvalue weighted by Crippen LogP contribution is -2.01. The number of hydrogen-bond donors (Lipinski definition) is 0. The molecule has 0 aliphatic carbocycles. The van der Waals surface area contributed by atoms with Crippen LogP contribution >= 0.6 is 0 Å². The van der Waals surface area contributed by atoms with E-state index in [1.54, 1.807) is 32.4 Å². The molecule has 0 aliphatic rings. The first-order chi connectivity index (χ1) is 7.17. The van der Waals surface area contributed by atoms with Gasteiger partial charge in [0.1, 0.15) is 18.1 Å². The van der Waals surface area contributed by atoms with E-state index in [1.807, 2.05) is 0 Å². The maximum Gasteiger partial charge on any atom is 0.302 e. The third-order valence-corrected chi connectivity index (χ3v) is 1.93. The number of carbonyl (C=O) groups excluding carboxylic acids is 1. The van der Waals surface area contributed by atoms with Crippen LogP contribution < -0.4 is 9.47 Å². The minimum Gasteiger partial charge on any atom is -0.497 e. The van der Waals surface area contributed by atoms with Gasteiger partial charge in [-0.2, -0.15) is 0 Å². The van der Waals surface area contributed by atoms with Crippen molar-refractivity contribution in [3.05, 3.63) is 23.8 Å². The van der Waals surface area contributed by atoms with Crippen molar-refractivity contribution in [2.75, 3.05) is 14.2 Å². The normalized spacial score (nSPS) is 9.53. The van der Waals surface area contributed by atoms with E-state index in [0.29, 0.717) is 11.5 Å². The monoisotopic (exact) mass is 210 g/mol. The van der Waals surface area contributed by atoms with Crippen molar-refractivity contribution in [3.8, 4) is 11.5 Å². The van der Waals surface area contributed by atoms with E-state index in [4.69, 9.17) is 14.2 Å². The van der Waals surface area contributed by atoms with Crippen molar-refractivity contribution in [1.82, 2.24) is 0 Å². The van der Waals surface area contributed by atoms with E-state index >= 15 is 0 Å². The Balaban J connectivity index is 2.82. The molecule has 1 aromatic rings. The Bertz CT molecular complexity index is 346. The first-order valence-corrected chi connectivity index (χ1v) is 4.51. The fourth-order valence-electron chi connectivity index (χ4n) is 1.15. The molecule has 1 aromatic carbocycles. The van der Waals surface area contributed by atoms with Gasteiger partial charge in [-0.05, 0) is 12.1 Å². The molecule has 0 atom stereocenters. The SMILES string of the molecule is COc1ccc(COC(C)=O)c(OC)c1. The van der Waals surface area contributed by atoms with Crippen LogP contribution in [-0.2, 0) is 16.1 Å². The lowest BCUT2D eigenvalue weighted by Gasteiger charge is -2.09. The van der Waals surface area contributed by atoms with Gasteiger partial charge in [0.2, 0.25) is 0 Å². The second kappa shape index (κ2) is 5.24. The minimum atomic E-state index is -0.312. The van der Waals surface area contributed by atoms with Crippen LogP contribution in [0.1, 0.15) is 12.5 Å². The summed E-state index contributed by atoms with van der Waals surface area (Å²) >= 11 is 0. The van der Waals surface area contributed by atoms with Gasteiger partial charge in [-0.1, -0.05) is 0 Å². The van der Waals surface area contributed by atoms with Crippen LogP contribution in [0.2, 0.25) is 0 Å². The first-order valence-electron chi connectivity index (χ1n) is 4.51. The average Bonchev–Trinajstić information content (AvgIpc) is 2.25. The second-order valence-corrected chi connectivity index (χ2v) is 2.96. The summed E-state index contributed by atoms with van der Waals surface area (Å²) in [7, 11) is 3.15. The van der Waals surface area contributed by atoms with E-state index in [9.17, 15) is 4.79 Å². The fourth-order valence-corrected chi connectivity index (χ4v) is 1.15. The molecule has 15 heavy (non-hydrogen) atoms. The third kappa shape index (κ3) is 3.16. The van der Waals surface area contributed by atoms with Gasteiger partial charge in [-0.3, -0.25) is 4.79 Å². The third-order valence-electron chi connectivity index (χ3n) is 1.93. The number of hydrogen-bond acceptors (Lipinski definition) is 4. The summed E-state index contributed by atoms with van der Waals surface area (Å²) in [5.74, 6) is 1.04. The van der Waals surface area contributed by atoms with E-state index in [2.05, 4.69) is 0 Å². The summed E-state index contributed by atoms with van der Waals surface area (Å²) in [5, 5.41) is 0. The standard InChI is InChI=1S/C11H14O4/c1-8(12)15-7-9-4-5-10(13-2)6-11(9)14-3/h4-6H,7H2,1-3H3. The molecule has 0 N–H and O–H groups in total. The van der Waals surface area contributed by atoms with E-state index in [-0.39, 0.29) is 12.6 Å².